The minimum Gasteiger partial charge on any atom is -0.496 e. The van der Waals surface area contributed by atoms with Crippen molar-refractivity contribution in [2.75, 3.05) is 12.8 Å². The van der Waals surface area contributed by atoms with Crippen molar-refractivity contribution in [3.8, 4) is 16.9 Å². The SMILES string of the molecule is COc1cc(-c2c(N)noc2C(C)(C)C)ccc1C. The van der Waals surface area contributed by atoms with Gasteiger partial charge in [0.2, 0.25) is 0 Å². The van der Waals surface area contributed by atoms with Gasteiger partial charge in [0.25, 0.3) is 0 Å². The molecule has 0 atom stereocenters. The predicted molar refractivity (Wildman–Crippen MR) is 76.3 cm³/mol. The van der Waals surface area contributed by atoms with Gasteiger partial charge in [-0.25, -0.2) is 0 Å². The summed E-state index contributed by atoms with van der Waals surface area (Å²) in [5.74, 6) is 2.03. The smallest absolute Gasteiger partial charge is 0.175 e. The lowest BCUT2D eigenvalue weighted by Gasteiger charge is -2.16. The topological polar surface area (TPSA) is 61.3 Å². The molecule has 0 saturated carbocycles. The van der Waals surface area contributed by atoms with Crippen molar-refractivity contribution in [3.05, 3.63) is 29.5 Å². The number of nitrogens with zero attached hydrogens (tertiary/aromatic N) is 1. The lowest BCUT2D eigenvalue weighted by Crippen LogP contribution is -2.11. The number of nitrogen functional groups attached to an aromatic ring is 1. The fourth-order valence-corrected chi connectivity index (χ4v) is 2.07. The first-order valence-electron chi connectivity index (χ1n) is 6.25. The number of aromatic nitrogens is 1. The van der Waals surface area contributed by atoms with Crippen LogP contribution < -0.4 is 10.5 Å². The van der Waals surface area contributed by atoms with E-state index >= 15 is 0 Å². The van der Waals surface area contributed by atoms with E-state index in [1.54, 1.807) is 7.11 Å². The Hall–Kier alpha value is -1.97. The second kappa shape index (κ2) is 4.61. The number of methoxy groups -OCH3 is 1. The van der Waals surface area contributed by atoms with Crippen LogP contribution in [-0.4, -0.2) is 12.3 Å². The largest absolute Gasteiger partial charge is 0.496 e. The van der Waals surface area contributed by atoms with E-state index in [-0.39, 0.29) is 5.41 Å². The molecule has 2 rings (SSSR count). The first kappa shape index (κ1) is 13.5. The highest BCUT2D eigenvalue weighted by molar-refractivity contribution is 5.77. The molecule has 4 heteroatoms. The van der Waals surface area contributed by atoms with Crippen molar-refractivity contribution < 1.29 is 9.26 Å². The van der Waals surface area contributed by atoms with E-state index in [2.05, 4.69) is 25.9 Å². The Morgan fingerprint density at radius 3 is 2.53 bits per heavy atom. The Labute approximate surface area is 113 Å². The Bertz CT molecular complexity index is 595. The summed E-state index contributed by atoms with van der Waals surface area (Å²) in [6.07, 6.45) is 0. The third-order valence-corrected chi connectivity index (χ3v) is 3.10. The fourth-order valence-electron chi connectivity index (χ4n) is 2.07. The van der Waals surface area contributed by atoms with Crippen LogP contribution in [-0.2, 0) is 5.41 Å². The van der Waals surface area contributed by atoms with Crippen molar-refractivity contribution >= 4 is 5.82 Å². The number of hydrogen-bond acceptors (Lipinski definition) is 4. The molecule has 2 aromatic rings. The predicted octanol–water partition coefficient (Wildman–Crippen LogP) is 3.54. The van der Waals surface area contributed by atoms with E-state index in [0.29, 0.717) is 5.82 Å². The highest BCUT2D eigenvalue weighted by Crippen LogP contribution is 2.38. The van der Waals surface area contributed by atoms with Gasteiger partial charge in [0.1, 0.15) is 5.75 Å². The molecule has 0 spiro atoms. The van der Waals surface area contributed by atoms with E-state index in [4.69, 9.17) is 15.0 Å². The quantitative estimate of drug-likeness (QED) is 0.897. The molecule has 102 valence electrons. The molecule has 2 N–H and O–H groups in total. The Kier molecular flexibility index (Phi) is 3.27. The molecule has 0 radical (unpaired) electrons. The zero-order valence-corrected chi connectivity index (χ0v) is 12.1. The van der Waals surface area contributed by atoms with Crippen LogP contribution in [0.3, 0.4) is 0 Å². The van der Waals surface area contributed by atoms with Crippen LogP contribution in [0.4, 0.5) is 5.82 Å². The van der Waals surface area contributed by atoms with Crippen LogP contribution in [0, 0.1) is 6.92 Å². The van der Waals surface area contributed by atoms with Gasteiger partial charge in [-0.3, -0.25) is 0 Å². The van der Waals surface area contributed by atoms with Crippen molar-refractivity contribution in [1.82, 2.24) is 5.16 Å². The number of ether oxygens (including phenoxy) is 1. The third-order valence-electron chi connectivity index (χ3n) is 3.10. The lowest BCUT2D eigenvalue weighted by atomic mass is 9.88. The molecule has 0 amide bonds. The van der Waals surface area contributed by atoms with E-state index in [9.17, 15) is 0 Å². The monoisotopic (exact) mass is 260 g/mol. The maximum absolute atomic E-state index is 5.95. The fraction of sp³-hybridized carbons (Fsp3) is 0.400. The van der Waals surface area contributed by atoms with Gasteiger partial charge >= 0.3 is 0 Å². The molecular weight excluding hydrogens is 240 g/mol. The van der Waals surface area contributed by atoms with Gasteiger partial charge in [0.05, 0.1) is 12.7 Å². The van der Waals surface area contributed by atoms with Crippen molar-refractivity contribution in [3.63, 3.8) is 0 Å². The molecule has 1 aromatic carbocycles. The van der Waals surface area contributed by atoms with E-state index in [1.165, 1.54) is 0 Å². The second-order valence-electron chi connectivity index (χ2n) is 5.71. The molecular formula is C15H20N2O2. The number of rotatable bonds is 2. The van der Waals surface area contributed by atoms with Crippen molar-refractivity contribution in [2.24, 2.45) is 0 Å². The minimum atomic E-state index is -0.155. The first-order valence-corrected chi connectivity index (χ1v) is 6.25. The third kappa shape index (κ3) is 2.43. The van der Waals surface area contributed by atoms with Crippen LogP contribution in [0.1, 0.15) is 32.1 Å². The van der Waals surface area contributed by atoms with Gasteiger partial charge in [0, 0.05) is 5.41 Å². The van der Waals surface area contributed by atoms with Crippen LogP contribution in [0.2, 0.25) is 0 Å². The highest BCUT2D eigenvalue weighted by Gasteiger charge is 2.27. The summed E-state index contributed by atoms with van der Waals surface area (Å²) in [6, 6.07) is 5.98. The normalized spacial score (nSPS) is 11.6. The summed E-state index contributed by atoms with van der Waals surface area (Å²) in [5, 5.41) is 3.90. The summed E-state index contributed by atoms with van der Waals surface area (Å²) in [6.45, 7) is 8.22. The molecule has 0 aliphatic rings. The number of anilines is 1. The van der Waals surface area contributed by atoms with E-state index < -0.39 is 0 Å². The lowest BCUT2D eigenvalue weighted by molar-refractivity contribution is 0.332. The molecule has 19 heavy (non-hydrogen) atoms. The first-order chi connectivity index (χ1) is 8.84. The Morgan fingerprint density at radius 2 is 1.95 bits per heavy atom. The van der Waals surface area contributed by atoms with Gasteiger partial charge < -0.3 is 15.0 Å². The molecule has 4 nitrogen and oxygen atoms in total. The molecule has 0 saturated heterocycles. The zero-order chi connectivity index (χ0) is 14.2. The number of aryl methyl sites for hydroxylation is 1. The molecule has 0 aliphatic heterocycles. The van der Waals surface area contributed by atoms with Crippen LogP contribution >= 0.6 is 0 Å². The number of benzene rings is 1. The molecule has 1 heterocycles. The van der Waals surface area contributed by atoms with Crippen molar-refractivity contribution in [1.29, 1.82) is 0 Å². The van der Waals surface area contributed by atoms with Gasteiger partial charge in [-0.1, -0.05) is 38.1 Å². The molecule has 0 fully saturated rings. The minimum absolute atomic E-state index is 0.155. The Balaban J connectivity index is 2.62. The van der Waals surface area contributed by atoms with Crippen LogP contribution in [0.15, 0.2) is 22.7 Å². The average molecular weight is 260 g/mol. The van der Waals surface area contributed by atoms with Gasteiger partial charge in [-0.05, 0) is 24.1 Å². The van der Waals surface area contributed by atoms with Crippen LogP contribution in [0.5, 0.6) is 5.75 Å². The van der Waals surface area contributed by atoms with Crippen molar-refractivity contribution in [2.45, 2.75) is 33.1 Å². The Morgan fingerprint density at radius 1 is 1.26 bits per heavy atom. The molecule has 0 unspecified atom stereocenters. The maximum atomic E-state index is 5.95. The van der Waals surface area contributed by atoms with E-state index in [1.807, 2.05) is 25.1 Å². The molecule has 0 aliphatic carbocycles. The van der Waals surface area contributed by atoms with Gasteiger partial charge in [-0.15, -0.1) is 0 Å². The zero-order valence-electron chi connectivity index (χ0n) is 12.1. The second-order valence-corrected chi connectivity index (χ2v) is 5.71. The maximum Gasteiger partial charge on any atom is 0.175 e. The standard InChI is InChI=1S/C15H20N2O2/c1-9-6-7-10(8-11(9)18-5)12-13(15(2,3)4)19-17-14(12)16/h6-8H,1-5H3,(H2,16,17). The summed E-state index contributed by atoms with van der Waals surface area (Å²) in [5.41, 5.74) is 8.70. The summed E-state index contributed by atoms with van der Waals surface area (Å²) < 4.78 is 10.8. The molecule has 1 aromatic heterocycles. The van der Waals surface area contributed by atoms with E-state index in [0.717, 1.165) is 28.2 Å². The average Bonchev–Trinajstić information content (AvgIpc) is 2.72. The summed E-state index contributed by atoms with van der Waals surface area (Å²) >= 11 is 0. The number of nitrogens with two attached hydrogens (primary N) is 1. The highest BCUT2D eigenvalue weighted by atomic mass is 16.5. The number of hydrogen-bond donors (Lipinski definition) is 1. The van der Waals surface area contributed by atoms with Gasteiger partial charge in [0.15, 0.2) is 11.6 Å². The summed E-state index contributed by atoms with van der Waals surface area (Å²) in [7, 11) is 1.66. The van der Waals surface area contributed by atoms with Gasteiger partial charge in [-0.2, -0.15) is 0 Å². The molecule has 0 bridgehead atoms. The van der Waals surface area contributed by atoms with Crippen LogP contribution in [0.25, 0.3) is 11.1 Å². The summed E-state index contributed by atoms with van der Waals surface area (Å²) in [4.78, 5) is 0.